The number of nitrogens with two attached hydrogens (primary N) is 1. The van der Waals surface area contributed by atoms with Crippen LogP contribution < -0.4 is 25.2 Å². The topological polar surface area (TPSA) is 163 Å². The van der Waals surface area contributed by atoms with Crippen LogP contribution >= 0.6 is 0 Å². The van der Waals surface area contributed by atoms with Gasteiger partial charge in [-0.2, -0.15) is 14.8 Å². The number of amidine groups is 2. The average molecular weight is 645 g/mol. The molecule has 3 N–H and O–H groups in total. The summed E-state index contributed by atoms with van der Waals surface area (Å²) in [7, 11) is 1.72. The van der Waals surface area contributed by atoms with Crippen LogP contribution in [0.5, 0.6) is 0 Å². The lowest BCUT2D eigenvalue weighted by atomic mass is 10.2. The van der Waals surface area contributed by atoms with E-state index in [1.54, 1.807) is 50.4 Å². The van der Waals surface area contributed by atoms with Crippen LogP contribution in [0.3, 0.4) is 0 Å². The zero-order valence-corrected chi connectivity index (χ0v) is 27.1. The van der Waals surface area contributed by atoms with Crippen LogP contribution in [0.2, 0.25) is 0 Å². The van der Waals surface area contributed by atoms with E-state index in [4.69, 9.17) is 20.2 Å². The third-order valence-electron chi connectivity index (χ3n) is 7.73. The van der Waals surface area contributed by atoms with Gasteiger partial charge in [-0.1, -0.05) is 44.4 Å². The number of likely N-dealkylation sites (N-methyl/N-ethyl adjacent to an activating group) is 1. The van der Waals surface area contributed by atoms with Gasteiger partial charge >= 0.3 is 18.1 Å². The van der Waals surface area contributed by atoms with E-state index in [2.05, 4.69) is 17.2 Å². The molecule has 2 heterocycles. The highest BCUT2D eigenvalue weighted by Crippen LogP contribution is 2.40. The van der Waals surface area contributed by atoms with Crippen molar-refractivity contribution >= 4 is 52.6 Å². The molecule has 0 radical (unpaired) electrons. The largest absolute Gasteiger partial charge is 0.711 e. The average Bonchev–Trinajstić information content (AvgIpc) is 3.37. The van der Waals surface area contributed by atoms with Crippen molar-refractivity contribution in [3.8, 4) is 0 Å². The summed E-state index contributed by atoms with van der Waals surface area (Å²) in [4.78, 5) is 48.8. The first-order valence-electron chi connectivity index (χ1n) is 15.7. The molecule has 0 bridgehead atoms. The molecule has 0 aliphatic carbocycles. The van der Waals surface area contributed by atoms with E-state index in [0.717, 1.165) is 25.7 Å². The lowest BCUT2D eigenvalue weighted by Crippen LogP contribution is -2.62. The second-order valence-corrected chi connectivity index (χ2v) is 11.0. The first-order valence-corrected chi connectivity index (χ1v) is 15.7. The molecule has 1 aliphatic rings. The van der Waals surface area contributed by atoms with Crippen molar-refractivity contribution in [1.82, 2.24) is 4.48 Å². The molecule has 47 heavy (non-hydrogen) atoms. The molecule has 248 valence electrons. The predicted molar refractivity (Wildman–Crippen MR) is 182 cm³/mol. The van der Waals surface area contributed by atoms with E-state index in [9.17, 15) is 19.6 Å². The van der Waals surface area contributed by atoms with Crippen LogP contribution in [0, 0.1) is 5.21 Å². The number of aromatic nitrogens is 1. The molecule has 1 aromatic heterocycles. The van der Waals surface area contributed by atoms with Crippen LogP contribution in [0.15, 0.2) is 82.9 Å². The Labute approximate surface area is 274 Å². The Bertz CT molecular complexity index is 1630. The van der Waals surface area contributed by atoms with Crippen LogP contribution in [0.25, 0.3) is 0 Å². The van der Waals surface area contributed by atoms with E-state index >= 15 is 0 Å². The lowest BCUT2D eigenvalue weighted by molar-refractivity contribution is -0.591. The van der Waals surface area contributed by atoms with Gasteiger partial charge < -0.3 is 25.7 Å². The molecule has 1 unspecified atom stereocenters. The monoisotopic (exact) mass is 644 g/mol. The third-order valence-corrected chi connectivity index (χ3v) is 7.73. The fourth-order valence-electron chi connectivity index (χ4n) is 5.16. The van der Waals surface area contributed by atoms with Crippen molar-refractivity contribution in [3.05, 3.63) is 83.7 Å². The van der Waals surface area contributed by atoms with Gasteiger partial charge in [-0.15, -0.1) is 9.38 Å². The molecular formula is C34H42N7O6+. The molecule has 0 saturated heterocycles. The Morgan fingerprint density at radius 2 is 1.74 bits per heavy atom. The van der Waals surface area contributed by atoms with E-state index in [1.165, 1.54) is 17.2 Å². The second kappa shape index (κ2) is 16.3. The number of hydrogen-bond acceptors (Lipinski definition) is 8. The van der Waals surface area contributed by atoms with Gasteiger partial charge in [0, 0.05) is 23.4 Å². The van der Waals surface area contributed by atoms with Crippen LogP contribution in [-0.4, -0.2) is 63.1 Å². The van der Waals surface area contributed by atoms with Gasteiger partial charge in [0.15, 0.2) is 5.69 Å². The van der Waals surface area contributed by atoms with Gasteiger partial charge in [0.05, 0.1) is 32.9 Å². The molecule has 4 rings (SSSR count). The zero-order valence-electron chi connectivity index (χ0n) is 27.1. The maximum Gasteiger partial charge on any atom is 0.521 e. The number of amides is 3. The SMILES string of the molecule is CCCCCCOC(=O)N=C(N)c1ccc(NCC2=Nc3ccccc3[N+]2(C)C(=O)N(CCC(=O)OCC)c2cccc[n+]2[O-])cc1. The number of carbonyl (C=O) groups excluding carboxylic acids is 3. The molecule has 3 amide bonds. The summed E-state index contributed by atoms with van der Waals surface area (Å²) >= 11 is 0. The summed E-state index contributed by atoms with van der Waals surface area (Å²) in [5, 5.41) is 16.1. The molecule has 0 fully saturated rings. The fraction of sp³-hybridized carbons (Fsp3) is 0.353. The van der Waals surface area contributed by atoms with Crippen LogP contribution in [0.1, 0.15) is 51.5 Å². The van der Waals surface area contributed by atoms with E-state index in [1.807, 2.05) is 24.3 Å². The quantitative estimate of drug-likeness (QED) is 0.0447. The van der Waals surface area contributed by atoms with Gasteiger partial charge in [-0.3, -0.25) is 4.79 Å². The maximum atomic E-state index is 14.5. The minimum atomic E-state index is -0.726. The number of anilines is 2. The van der Waals surface area contributed by atoms with Crippen LogP contribution in [-0.2, 0) is 14.3 Å². The Morgan fingerprint density at radius 1 is 1.00 bits per heavy atom. The number of nitrogens with one attached hydrogen (secondary N) is 1. The third kappa shape index (κ3) is 8.50. The molecule has 13 nitrogen and oxygen atoms in total. The van der Waals surface area contributed by atoms with E-state index < -0.39 is 18.1 Å². The Morgan fingerprint density at radius 3 is 2.47 bits per heavy atom. The highest BCUT2D eigenvalue weighted by molar-refractivity contribution is 6.20. The second-order valence-electron chi connectivity index (χ2n) is 11.0. The summed E-state index contributed by atoms with van der Waals surface area (Å²) in [6.07, 6.45) is 4.42. The predicted octanol–water partition coefficient (Wildman–Crippen LogP) is 5.41. The van der Waals surface area contributed by atoms with Crippen molar-refractivity contribution in [2.75, 3.05) is 43.6 Å². The molecule has 0 saturated carbocycles. The van der Waals surface area contributed by atoms with Crippen LogP contribution in [0.4, 0.5) is 32.5 Å². The fourth-order valence-corrected chi connectivity index (χ4v) is 5.16. The number of unbranched alkanes of at least 4 members (excludes halogenated alkanes) is 3. The lowest BCUT2D eigenvalue weighted by Gasteiger charge is -2.29. The van der Waals surface area contributed by atoms with Crippen molar-refractivity contribution in [3.63, 3.8) is 0 Å². The van der Waals surface area contributed by atoms with Gasteiger partial charge in [0.1, 0.15) is 24.6 Å². The number of quaternary nitrogens is 1. The molecular weight excluding hydrogens is 602 g/mol. The molecule has 1 aliphatic heterocycles. The van der Waals surface area contributed by atoms with Gasteiger partial charge in [-0.05, 0) is 49.7 Å². The van der Waals surface area contributed by atoms with E-state index in [0.29, 0.717) is 39.8 Å². The number of ether oxygens (including phenoxy) is 2. The Hall–Kier alpha value is -5.30. The number of rotatable bonds is 14. The number of aliphatic imine (C=N–C) groups is 2. The maximum absolute atomic E-state index is 14.5. The highest BCUT2D eigenvalue weighted by atomic mass is 16.5. The molecule has 13 heteroatoms. The summed E-state index contributed by atoms with van der Waals surface area (Å²) in [5.74, 6) is 0.109. The number of carbonyl (C=O) groups is 3. The first kappa shape index (κ1) is 34.6. The molecule has 1 atom stereocenters. The van der Waals surface area contributed by atoms with Gasteiger partial charge in [-0.25, -0.2) is 9.52 Å². The van der Waals surface area contributed by atoms with E-state index in [-0.39, 0.29) is 42.3 Å². The summed E-state index contributed by atoms with van der Waals surface area (Å²) < 4.78 is 10.5. The number of urea groups is 1. The van der Waals surface area contributed by atoms with Gasteiger partial charge in [0.25, 0.3) is 5.82 Å². The Balaban J connectivity index is 1.52. The standard InChI is InChI=1S/C34H41N7O6/c1-4-6-7-12-23-47-33(43)38-32(35)25-16-18-26(19-17-25)36-24-29-37-27-13-8-9-14-28(27)41(29,3)34(44)39(22-20-31(42)46-5-2)30-15-10-11-21-40(30)45/h8-11,13-19,21H,4-7,12,20,22-24H2,1-3H3,(H2-,35,36,38,43)/p+1. The molecule has 0 spiro atoms. The summed E-state index contributed by atoms with van der Waals surface area (Å²) in [5.41, 5.74) is 8.54. The zero-order chi connectivity index (χ0) is 33.8. The number of pyridine rings is 1. The van der Waals surface area contributed by atoms with Crippen molar-refractivity contribution in [2.24, 2.45) is 15.7 Å². The normalized spacial score (nSPS) is 15.4. The number of esters is 1. The summed E-state index contributed by atoms with van der Waals surface area (Å²) in [6.45, 7) is 4.42. The van der Waals surface area contributed by atoms with Gasteiger partial charge in [0.2, 0.25) is 5.84 Å². The number of hydrogen-bond donors (Lipinski definition) is 2. The van der Waals surface area contributed by atoms with Crippen molar-refractivity contribution in [2.45, 2.75) is 46.0 Å². The number of para-hydroxylation sites is 2. The summed E-state index contributed by atoms with van der Waals surface area (Å²) in [6, 6.07) is 18.6. The smallest absolute Gasteiger partial charge is 0.521 e. The molecule has 3 aromatic rings. The minimum absolute atomic E-state index is 0.0417. The van der Waals surface area contributed by atoms with Crippen molar-refractivity contribution in [1.29, 1.82) is 0 Å². The molecule has 2 aromatic carbocycles. The minimum Gasteiger partial charge on any atom is -0.711 e. The number of fused-ring (bicyclic) bond motifs is 1. The highest BCUT2D eigenvalue weighted by Gasteiger charge is 2.53. The first-order chi connectivity index (χ1) is 22.7. The number of nitrogens with zero attached hydrogens (tertiary/aromatic N) is 5. The Kier molecular flexibility index (Phi) is 12.0. The number of benzene rings is 2. The van der Waals surface area contributed by atoms with Crippen molar-refractivity contribution < 1.29 is 28.6 Å².